The first-order valence-corrected chi connectivity index (χ1v) is 9.12. The highest BCUT2D eigenvalue weighted by molar-refractivity contribution is 5.85. The van der Waals surface area contributed by atoms with Crippen LogP contribution in [-0.2, 0) is 0 Å². The summed E-state index contributed by atoms with van der Waals surface area (Å²) < 4.78 is 0. The lowest BCUT2D eigenvalue weighted by Gasteiger charge is -2.44. The smallest absolute Gasteiger partial charge is 0.0476 e. The second kappa shape index (κ2) is 9.09. The van der Waals surface area contributed by atoms with Crippen LogP contribution in [0.25, 0.3) is 0 Å². The third kappa shape index (κ3) is 3.86. The molecule has 0 amide bonds. The van der Waals surface area contributed by atoms with Crippen LogP contribution in [0.15, 0.2) is 48.5 Å². The number of halogens is 2. The zero-order valence-electron chi connectivity index (χ0n) is 15.5. The third-order valence-electron chi connectivity index (χ3n) is 5.69. The maximum Gasteiger partial charge on any atom is 0.0476 e. The molecule has 1 fully saturated rings. The lowest BCUT2D eigenvalue weighted by molar-refractivity contribution is 0.143. The van der Waals surface area contributed by atoms with Gasteiger partial charge in [-0.25, -0.2) is 0 Å². The van der Waals surface area contributed by atoms with Gasteiger partial charge >= 0.3 is 0 Å². The quantitative estimate of drug-likeness (QED) is 0.847. The minimum Gasteiger partial charge on any atom is -0.375 e. The molecule has 0 radical (unpaired) electrons. The summed E-state index contributed by atoms with van der Waals surface area (Å²) in [5, 5.41) is 3.56. The number of anilines is 1. The Labute approximate surface area is 169 Å². The molecular weight excluding hydrogens is 365 g/mol. The second-order valence-corrected chi connectivity index (χ2v) is 7.01. The van der Waals surface area contributed by atoms with Gasteiger partial charge in [-0.3, -0.25) is 4.90 Å². The highest BCUT2D eigenvalue weighted by atomic mass is 35.5. The van der Waals surface area contributed by atoms with Crippen LogP contribution in [0.4, 0.5) is 5.69 Å². The summed E-state index contributed by atoms with van der Waals surface area (Å²) in [6, 6.07) is 18.7. The van der Waals surface area contributed by atoms with Crippen molar-refractivity contribution in [3.8, 4) is 0 Å². The Morgan fingerprint density at radius 2 is 1.85 bits per heavy atom. The van der Waals surface area contributed by atoms with Gasteiger partial charge in [-0.15, -0.1) is 24.8 Å². The fourth-order valence-corrected chi connectivity index (χ4v) is 4.18. The van der Waals surface area contributed by atoms with Crippen LogP contribution < -0.4 is 10.2 Å². The van der Waals surface area contributed by atoms with E-state index in [0.29, 0.717) is 12.0 Å². The molecule has 1 N–H and O–H groups in total. The van der Waals surface area contributed by atoms with E-state index in [4.69, 9.17) is 0 Å². The monoisotopic (exact) mass is 393 g/mol. The van der Waals surface area contributed by atoms with Crippen LogP contribution in [0.5, 0.6) is 0 Å². The van der Waals surface area contributed by atoms with Crippen molar-refractivity contribution in [3.63, 3.8) is 0 Å². The Hall–Kier alpha value is -1.26. The van der Waals surface area contributed by atoms with Crippen LogP contribution in [0.3, 0.4) is 0 Å². The van der Waals surface area contributed by atoms with Gasteiger partial charge in [-0.2, -0.15) is 0 Å². The molecule has 2 heterocycles. The number of benzene rings is 2. The number of piperazine rings is 1. The normalized spacial score (nSPS) is 21.6. The Morgan fingerprint density at radius 3 is 2.62 bits per heavy atom. The summed E-state index contributed by atoms with van der Waals surface area (Å²) >= 11 is 0. The average Bonchev–Trinajstić information content (AvgIpc) is 2.67. The maximum atomic E-state index is 3.56. The zero-order valence-corrected chi connectivity index (χ0v) is 17.2. The highest BCUT2D eigenvalue weighted by Gasteiger charge is 2.34. The molecule has 3 nitrogen and oxygen atoms in total. The lowest BCUT2D eigenvalue weighted by Crippen LogP contribution is -2.50. The summed E-state index contributed by atoms with van der Waals surface area (Å²) in [7, 11) is 2.17. The molecule has 2 aromatic rings. The van der Waals surface area contributed by atoms with E-state index in [-0.39, 0.29) is 24.8 Å². The van der Waals surface area contributed by atoms with Crippen LogP contribution in [0.1, 0.15) is 35.6 Å². The summed E-state index contributed by atoms with van der Waals surface area (Å²) in [5.74, 6) is 0.473. The molecule has 2 atom stereocenters. The molecule has 142 valence electrons. The highest BCUT2D eigenvalue weighted by Crippen LogP contribution is 2.40. The molecule has 0 aromatic heterocycles. The molecule has 26 heavy (non-hydrogen) atoms. The first kappa shape index (κ1) is 21.0. The number of fused-ring (bicyclic) bond motifs is 3. The molecule has 5 heteroatoms. The summed E-state index contributed by atoms with van der Waals surface area (Å²) in [5.41, 5.74) is 5.78. The van der Waals surface area contributed by atoms with Crippen molar-refractivity contribution in [2.45, 2.75) is 18.9 Å². The van der Waals surface area contributed by atoms with Crippen LogP contribution in [0, 0.1) is 0 Å². The molecule has 0 unspecified atom stereocenters. The average molecular weight is 394 g/mol. The van der Waals surface area contributed by atoms with Gasteiger partial charge in [0.2, 0.25) is 0 Å². The minimum absolute atomic E-state index is 0. The number of rotatable bonds is 3. The number of hydrogen-bond donors (Lipinski definition) is 1. The van der Waals surface area contributed by atoms with Crippen molar-refractivity contribution in [1.82, 2.24) is 10.2 Å². The van der Waals surface area contributed by atoms with E-state index in [1.807, 2.05) is 0 Å². The van der Waals surface area contributed by atoms with Crippen LogP contribution in [0.2, 0.25) is 0 Å². The van der Waals surface area contributed by atoms with Gasteiger partial charge in [0, 0.05) is 57.4 Å². The number of hydrogen-bond acceptors (Lipinski definition) is 3. The topological polar surface area (TPSA) is 18.5 Å². The molecule has 0 spiro atoms. The first-order valence-electron chi connectivity index (χ1n) is 9.12. The maximum absolute atomic E-state index is 3.56. The Balaban J connectivity index is 0.00000121. The Kier molecular flexibility index (Phi) is 7.36. The van der Waals surface area contributed by atoms with E-state index >= 15 is 0 Å². The van der Waals surface area contributed by atoms with Gasteiger partial charge in [-0.05, 0) is 35.7 Å². The van der Waals surface area contributed by atoms with Gasteiger partial charge in [0.25, 0.3) is 0 Å². The van der Waals surface area contributed by atoms with E-state index in [1.165, 1.54) is 22.4 Å². The standard InChI is InChI=1S/C21H27N3.2ClH/c1-3-23(2)17-8-6-7-16(13-17)20-15-24-12-11-22-14-21(24)19-10-5-4-9-18(19)20;;/h4-10,13,20-22H,3,11-12,14-15H2,1-2H3;2*1H/t20-,21+;;/m0../s1. The van der Waals surface area contributed by atoms with Crippen molar-refractivity contribution in [3.05, 3.63) is 65.2 Å². The summed E-state index contributed by atoms with van der Waals surface area (Å²) in [6.45, 7) is 7.68. The van der Waals surface area contributed by atoms with E-state index < -0.39 is 0 Å². The predicted octanol–water partition coefficient (Wildman–Crippen LogP) is 4.08. The van der Waals surface area contributed by atoms with E-state index in [1.54, 1.807) is 0 Å². The zero-order chi connectivity index (χ0) is 16.5. The van der Waals surface area contributed by atoms with Crippen LogP contribution in [-0.4, -0.2) is 44.7 Å². The molecule has 2 aromatic carbocycles. The molecular formula is C21H29Cl2N3. The fraction of sp³-hybridized carbons (Fsp3) is 0.429. The van der Waals surface area contributed by atoms with E-state index in [2.05, 4.69) is 77.6 Å². The third-order valence-corrected chi connectivity index (χ3v) is 5.69. The van der Waals surface area contributed by atoms with Crippen molar-refractivity contribution in [1.29, 1.82) is 0 Å². The van der Waals surface area contributed by atoms with Crippen molar-refractivity contribution in [2.75, 3.05) is 44.7 Å². The summed E-state index contributed by atoms with van der Waals surface area (Å²) in [6.07, 6.45) is 0. The van der Waals surface area contributed by atoms with Gasteiger partial charge in [0.15, 0.2) is 0 Å². The Bertz CT molecular complexity index is 722. The number of nitrogens with one attached hydrogen (secondary N) is 1. The number of nitrogens with zero attached hydrogens (tertiary/aromatic N) is 2. The van der Waals surface area contributed by atoms with Gasteiger partial charge < -0.3 is 10.2 Å². The molecule has 0 saturated carbocycles. The lowest BCUT2D eigenvalue weighted by atomic mass is 9.80. The largest absolute Gasteiger partial charge is 0.375 e. The molecule has 1 saturated heterocycles. The molecule has 2 aliphatic rings. The van der Waals surface area contributed by atoms with Crippen molar-refractivity contribution >= 4 is 30.5 Å². The van der Waals surface area contributed by atoms with Gasteiger partial charge in [0.05, 0.1) is 0 Å². The van der Waals surface area contributed by atoms with E-state index in [9.17, 15) is 0 Å². The molecule has 0 aliphatic carbocycles. The van der Waals surface area contributed by atoms with Crippen molar-refractivity contribution < 1.29 is 0 Å². The minimum atomic E-state index is 0. The SMILES string of the molecule is CCN(C)c1cccc([C@@H]2CN3CCNC[C@@H]3c3ccccc32)c1.Cl.Cl. The van der Waals surface area contributed by atoms with Gasteiger partial charge in [0.1, 0.15) is 0 Å². The van der Waals surface area contributed by atoms with E-state index in [0.717, 1.165) is 32.7 Å². The molecule has 2 aliphatic heterocycles. The molecule has 0 bridgehead atoms. The van der Waals surface area contributed by atoms with Crippen LogP contribution >= 0.6 is 24.8 Å². The van der Waals surface area contributed by atoms with Gasteiger partial charge in [-0.1, -0.05) is 36.4 Å². The van der Waals surface area contributed by atoms with Crippen molar-refractivity contribution in [2.24, 2.45) is 0 Å². The second-order valence-electron chi connectivity index (χ2n) is 7.01. The summed E-state index contributed by atoms with van der Waals surface area (Å²) in [4.78, 5) is 4.98. The fourth-order valence-electron chi connectivity index (χ4n) is 4.18. The first-order chi connectivity index (χ1) is 11.8. The molecule has 4 rings (SSSR count). The Morgan fingerprint density at radius 1 is 1.08 bits per heavy atom. The predicted molar refractivity (Wildman–Crippen MR) is 115 cm³/mol.